The first-order chi connectivity index (χ1) is 9.88. The van der Waals surface area contributed by atoms with Gasteiger partial charge in [0.25, 0.3) is 0 Å². The molecule has 2 aromatic rings. The second-order valence-corrected chi connectivity index (χ2v) is 5.44. The summed E-state index contributed by atoms with van der Waals surface area (Å²) in [5, 5.41) is 6.98. The fourth-order valence-corrected chi connectivity index (χ4v) is 2.18. The number of carbonyl (C=O) groups excluding carboxylic acids is 1. The number of Topliss-reactive ketones (excluding diaryl/α,β-unsaturated/α-hetero) is 1. The number of aromatic nitrogens is 2. The van der Waals surface area contributed by atoms with Crippen LogP contribution in [-0.2, 0) is 6.42 Å². The standard InChI is InChI=1S/C15H14F2N2OS/c1-8-9(2)18-19-14(8)6-11(21)7-15(20)10-3-4-12(16)13(17)5-10/h3-5H,6-7H2,1-2H3,(H,18,19). The van der Waals surface area contributed by atoms with E-state index in [0.29, 0.717) is 11.3 Å². The van der Waals surface area contributed by atoms with Crippen molar-refractivity contribution in [2.45, 2.75) is 26.7 Å². The van der Waals surface area contributed by atoms with Crippen molar-refractivity contribution >= 4 is 22.9 Å². The van der Waals surface area contributed by atoms with Gasteiger partial charge in [-0.2, -0.15) is 5.10 Å². The SMILES string of the molecule is Cc1[nH]nc(CC(=S)CC(=O)c2ccc(F)c(F)c2)c1C. The van der Waals surface area contributed by atoms with Gasteiger partial charge in [0, 0.05) is 29.0 Å². The average Bonchev–Trinajstić information content (AvgIpc) is 2.73. The summed E-state index contributed by atoms with van der Waals surface area (Å²) in [6.07, 6.45) is 0.409. The fourth-order valence-electron chi connectivity index (χ4n) is 1.91. The molecule has 0 aliphatic heterocycles. The second-order valence-electron chi connectivity index (χ2n) is 4.86. The lowest BCUT2D eigenvalue weighted by atomic mass is 10.0. The largest absolute Gasteiger partial charge is 0.294 e. The van der Waals surface area contributed by atoms with Crippen LogP contribution < -0.4 is 0 Å². The summed E-state index contributed by atoms with van der Waals surface area (Å²) >= 11 is 5.20. The molecule has 1 aromatic carbocycles. The number of aromatic amines is 1. The van der Waals surface area contributed by atoms with Crippen molar-refractivity contribution in [3.63, 3.8) is 0 Å². The second kappa shape index (κ2) is 6.22. The van der Waals surface area contributed by atoms with Crippen LogP contribution >= 0.6 is 12.2 Å². The maximum absolute atomic E-state index is 13.1. The normalized spacial score (nSPS) is 10.7. The number of halogens is 2. The lowest BCUT2D eigenvalue weighted by Gasteiger charge is -2.04. The van der Waals surface area contributed by atoms with Crippen LogP contribution in [0.4, 0.5) is 8.78 Å². The molecule has 0 saturated carbocycles. The topological polar surface area (TPSA) is 45.8 Å². The molecule has 0 radical (unpaired) electrons. The van der Waals surface area contributed by atoms with Gasteiger partial charge in [-0.05, 0) is 37.6 Å². The van der Waals surface area contributed by atoms with E-state index in [9.17, 15) is 13.6 Å². The summed E-state index contributed by atoms with van der Waals surface area (Å²) in [6.45, 7) is 3.83. The summed E-state index contributed by atoms with van der Waals surface area (Å²) in [6, 6.07) is 3.09. The van der Waals surface area contributed by atoms with Gasteiger partial charge in [0.2, 0.25) is 0 Å². The van der Waals surface area contributed by atoms with E-state index in [4.69, 9.17) is 12.2 Å². The molecule has 1 heterocycles. The Hall–Kier alpha value is -1.95. The van der Waals surface area contributed by atoms with Crippen LogP contribution in [0.15, 0.2) is 18.2 Å². The van der Waals surface area contributed by atoms with E-state index in [1.807, 2.05) is 13.8 Å². The van der Waals surface area contributed by atoms with Crippen LogP contribution in [0.1, 0.15) is 33.7 Å². The van der Waals surface area contributed by atoms with Gasteiger partial charge in [0.1, 0.15) is 0 Å². The maximum atomic E-state index is 13.1. The lowest BCUT2D eigenvalue weighted by molar-refractivity contribution is 0.100. The Bertz CT molecular complexity index is 710. The highest BCUT2D eigenvalue weighted by atomic mass is 32.1. The fraction of sp³-hybridized carbons (Fsp3) is 0.267. The van der Waals surface area contributed by atoms with Gasteiger partial charge in [0.15, 0.2) is 17.4 Å². The van der Waals surface area contributed by atoms with Crippen LogP contribution in [0.2, 0.25) is 0 Å². The zero-order valence-electron chi connectivity index (χ0n) is 11.7. The molecular weight excluding hydrogens is 294 g/mol. The molecule has 0 fully saturated rings. The monoisotopic (exact) mass is 308 g/mol. The molecule has 1 N–H and O–H groups in total. The van der Waals surface area contributed by atoms with Gasteiger partial charge in [-0.15, -0.1) is 0 Å². The minimum atomic E-state index is -1.04. The van der Waals surface area contributed by atoms with Crippen molar-refractivity contribution in [2.75, 3.05) is 0 Å². The first-order valence-electron chi connectivity index (χ1n) is 6.39. The Kier molecular flexibility index (Phi) is 4.57. The van der Waals surface area contributed by atoms with Crippen LogP contribution in [0.25, 0.3) is 0 Å². The molecule has 1 aromatic heterocycles. The van der Waals surface area contributed by atoms with Crippen molar-refractivity contribution in [3.05, 3.63) is 52.3 Å². The number of H-pyrrole nitrogens is 1. The predicted octanol–water partition coefficient (Wildman–Crippen LogP) is 3.49. The molecule has 6 heteroatoms. The Morgan fingerprint density at radius 3 is 2.57 bits per heavy atom. The molecule has 2 rings (SSSR count). The molecule has 3 nitrogen and oxygen atoms in total. The number of rotatable bonds is 5. The Balaban J connectivity index is 2.03. The number of nitrogens with zero attached hydrogens (tertiary/aromatic N) is 1. The van der Waals surface area contributed by atoms with Crippen molar-refractivity contribution in [1.29, 1.82) is 0 Å². The van der Waals surface area contributed by atoms with E-state index in [2.05, 4.69) is 10.2 Å². The third kappa shape index (κ3) is 3.58. The molecule has 0 amide bonds. The van der Waals surface area contributed by atoms with Gasteiger partial charge in [0.05, 0.1) is 5.69 Å². The molecule has 0 atom stereocenters. The highest BCUT2D eigenvalue weighted by molar-refractivity contribution is 7.80. The maximum Gasteiger partial charge on any atom is 0.167 e. The number of nitrogens with one attached hydrogen (secondary N) is 1. The molecule has 0 saturated heterocycles. The van der Waals surface area contributed by atoms with Crippen LogP contribution in [-0.4, -0.2) is 20.8 Å². The number of thiocarbonyl (C=S) groups is 1. The van der Waals surface area contributed by atoms with Crippen LogP contribution in [0, 0.1) is 25.5 Å². The van der Waals surface area contributed by atoms with Crippen molar-refractivity contribution in [2.24, 2.45) is 0 Å². The average molecular weight is 308 g/mol. The van der Waals surface area contributed by atoms with Crippen LogP contribution in [0.3, 0.4) is 0 Å². The zero-order chi connectivity index (χ0) is 15.6. The van der Waals surface area contributed by atoms with Crippen molar-refractivity contribution in [1.82, 2.24) is 10.2 Å². The number of benzene rings is 1. The Labute approximate surface area is 126 Å². The number of hydrogen-bond acceptors (Lipinski definition) is 3. The molecule has 0 aliphatic rings. The van der Waals surface area contributed by atoms with Gasteiger partial charge in [-0.3, -0.25) is 9.89 Å². The predicted molar refractivity (Wildman–Crippen MR) is 79.7 cm³/mol. The van der Waals surface area contributed by atoms with Gasteiger partial charge < -0.3 is 0 Å². The van der Waals surface area contributed by atoms with E-state index in [1.165, 1.54) is 6.07 Å². The van der Waals surface area contributed by atoms with Crippen molar-refractivity contribution in [3.8, 4) is 0 Å². The quantitative estimate of drug-likeness (QED) is 0.679. The number of hydrogen-bond donors (Lipinski definition) is 1. The van der Waals surface area contributed by atoms with E-state index in [1.54, 1.807) is 0 Å². The summed E-state index contributed by atoms with van der Waals surface area (Å²) in [4.78, 5) is 12.5. The van der Waals surface area contributed by atoms with Gasteiger partial charge >= 0.3 is 0 Å². The number of carbonyl (C=O) groups is 1. The summed E-state index contributed by atoms with van der Waals surface area (Å²) in [5.41, 5.74) is 2.89. The smallest absolute Gasteiger partial charge is 0.167 e. The first-order valence-corrected chi connectivity index (χ1v) is 6.79. The molecule has 0 spiro atoms. The van der Waals surface area contributed by atoms with Gasteiger partial charge in [-0.1, -0.05) is 12.2 Å². The Morgan fingerprint density at radius 1 is 1.29 bits per heavy atom. The molecule has 0 bridgehead atoms. The van der Waals surface area contributed by atoms with Crippen LogP contribution in [0.5, 0.6) is 0 Å². The van der Waals surface area contributed by atoms with E-state index in [-0.39, 0.29) is 17.8 Å². The van der Waals surface area contributed by atoms with E-state index >= 15 is 0 Å². The van der Waals surface area contributed by atoms with E-state index in [0.717, 1.165) is 29.1 Å². The van der Waals surface area contributed by atoms with E-state index < -0.39 is 11.6 Å². The zero-order valence-corrected chi connectivity index (χ0v) is 12.5. The molecule has 0 aliphatic carbocycles. The molecule has 110 valence electrons. The molecule has 21 heavy (non-hydrogen) atoms. The minimum absolute atomic E-state index is 0.00571. The highest BCUT2D eigenvalue weighted by Crippen LogP contribution is 2.14. The summed E-state index contributed by atoms with van der Waals surface area (Å²) < 4.78 is 25.9. The third-order valence-corrected chi connectivity index (χ3v) is 3.61. The number of aryl methyl sites for hydroxylation is 1. The number of ketones is 1. The summed E-state index contributed by atoms with van der Waals surface area (Å²) in [7, 11) is 0. The van der Waals surface area contributed by atoms with Gasteiger partial charge in [-0.25, -0.2) is 8.78 Å². The molecule has 0 unspecified atom stereocenters. The lowest BCUT2D eigenvalue weighted by Crippen LogP contribution is -2.10. The minimum Gasteiger partial charge on any atom is -0.294 e. The van der Waals surface area contributed by atoms with Crippen molar-refractivity contribution < 1.29 is 13.6 Å². The molecular formula is C15H14F2N2OS. The Morgan fingerprint density at radius 2 is 2.00 bits per heavy atom. The highest BCUT2D eigenvalue weighted by Gasteiger charge is 2.14. The third-order valence-electron chi connectivity index (χ3n) is 3.32. The summed E-state index contributed by atoms with van der Waals surface area (Å²) in [5.74, 6) is -2.34. The first kappa shape index (κ1) is 15.4.